The van der Waals surface area contributed by atoms with Crippen LogP contribution in [0.3, 0.4) is 0 Å². The molecule has 5 rings (SSSR count). The second kappa shape index (κ2) is 4.86. The minimum Gasteiger partial charge on any atom is -0.342 e. The highest BCUT2D eigenvalue weighted by Gasteiger charge is 2.24. The second-order valence-electron chi connectivity index (χ2n) is 7.95. The lowest BCUT2D eigenvalue weighted by atomic mass is 9.83. The van der Waals surface area contributed by atoms with Crippen LogP contribution >= 0.6 is 11.3 Å². The molecule has 2 heterocycles. The Bertz CT molecular complexity index is 1280. The number of thiophene rings is 1. The number of rotatable bonds is 0. The lowest BCUT2D eigenvalue weighted by molar-refractivity contribution is 0.597. The van der Waals surface area contributed by atoms with Crippen LogP contribution in [0.5, 0.6) is 0 Å². The van der Waals surface area contributed by atoms with Crippen molar-refractivity contribution < 1.29 is 0 Å². The van der Waals surface area contributed by atoms with Crippen molar-refractivity contribution in [3.8, 4) is 0 Å². The number of aromatic nitrogens is 1. The first kappa shape index (κ1) is 15.0. The van der Waals surface area contributed by atoms with Gasteiger partial charge in [-0.05, 0) is 29.2 Å². The van der Waals surface area contributed by atoms with Crippen LogP contribution in [0, 0.1) is 0 Å². The number of para-hydroxylation sites is 1. The zero-order chi connectivity index (χ0) is 17.3. The molecule has 0 aliphatic carbocycles. The molecule has 0 atom stereocenters. The van der Waals surface area contributed by atoms with Crippen molar-refractivity contribution in [2.75, 3.05) is 0 Å². The van der Waals surface area contributed by atoms with Crippen LogP contribution in [-0.2, 0) is 12.5 Å². The van der Waals surface area contributed by atoms with E-state index in [1.165, 1.54) is 47.5 Å². The van der Waals surface area contributed by atoms with E-state index < -0.39 is 0 Å². The molecule has 0 radical (unpaired) electrons. The van der Waals surface area contributed by atoms with Crippen LogP contribution in [0.15, 0.2) is 54.6 Å². The highest BCUT2D eigenvalue weighted by molar-refractivity contribution is 7.26. The van der Waals surface area contributed by atoms with E-state index >= 15 is 0 Å². The molecule has 2 aromatic heterocycles. The highest BCUT2D eigenvalue weighted by Crippen LogP contribution is 2.45. The van der Waals surface area contributed by atoms with E-state index in [1.807, 2.05) is 11.3 Å². The zero-order valence-electron chi connectivity index (χ0n) is 15.1. The van der Waals surface area contributed by atoms with Gasteiger partial charge in [-0.15, -0.1) is 11.3 Å². The molecule has 25 heavy (non-hydrogen) atoms. The number of aryl methyl sites for hydroxylation is 1. The van der Waals surface area contributed by atoms with E-state index in [1.54, 1.807) is 0 Å². The van der Waals surface area contributed by atoms with Gasteiger partial charge in [-0.2, -0.15) is 0 Å². The zero-order valence-corrected chi connectivity index (χ0v) is 15.9. The molecule has 0 N–H and O–H groups in total. The van der Waals surface area contributed by atoms with E-state index in [0.29, 0.717) is 0 Å². The molecular formula is C23H21NS. The van der Waals surface area contributed by atoms with Gasteiger partial charge in [0.1, 0.15) is 0 Å². The van der Waals surface area contributed by atoms with Gasteiger partial charge in [0.05, 0.1) is 10.2 Å². The Labute approximate surface area is 151 Å². The molecule has 0 spiro atoms. The van der Waals surface area contributed by atoms with Crippen LogP contribution in [0.1, 0.15) is 26.3 Å². The molecule has 0 saturated carbocycles. The Morgan fingerprint density at radius 2 is 1.52 bits per heavy atom. The average Bonchev–Trinajstić information content (AvgIpc) is 3.10. The van der Waals surface area contributed by atoms with Crippen LogP contribution in [0.4, 0.5) is 0 Å². The molecule has 0 bridgehead atoms. The number of nitrogens with zero attached hydrogens (tertiary/aromatic N) is 1. The van der Waals surface area contributed by atoms with Gasteiger partial charge in [-0.1, -0.05) is 57.2 Å². The predicted octanol–water partition coefficient (Wildman–Crippen LogP) is 7.00. The topological polar surface area (TPSA) is 4.93 Å². The van der Waals surface area contributed by atoms with Crippen LogP contribution in [0.25, 0.3) is 42.0 Å². The van der Waals surface area contributed by atoms with E-state index in [2.05, 4.69) is 87.0 Å². The van der Waals surface area contributed by atoms with Gasteiger partial charge in [0.25, 0.3) is 0 Å². The second-order valence-corrected chi connectivity index (χ2v) is 9.00. The van der Waals surface area contributed by atoms with Crippen LogP contribution < -0.4 is 0 Å². The van der Waals surface area contributed by atoms with Crippen molar-refractivity contribution in [2.45, 2.75) is 26.2 Å². The fourth-order valence-corrected chi connectivity index (χ4v) is 5.39. The Balaban J connectivity index is 2.16. The van der Waals surface area contributed by atoms with Gasteiger partial charge in [-0.25, -0.2) is 0 Å². The van der Waals surface area contributed by atoms with Gasteiger partial charge in [-0.3, -0.25) is 0 Å². The third kappa shape index (κ3) is 1.95. The fourth-order valence-electron chi connectivity index (χ4n) is 4.12. The monoisotopic (exact) mass is 343 g/mol. The molecule has 0 amide bonds. The molecule has 0 saturated heterocycles. The summed E-state index contributed by atoms with van der Waals surface area (Å²) in [6, 6.07) is 20.0. The highest BCUT2D eigenvalue weighted by atomic mass is 32.1. The summed E-state index contributed by atoms with van der Waals surface area (Å²) in [5.74, 6) is 0. The summed E-state index contributed by atoms with van der Waals surface area (Å²) in [6.45, 7) is 6.97. The third-order valence-corrected chi connectivity index (χ3v) is 6.52. The largest absolute Gasteiger partial charge is 0.342 e. The number of fused-ring (bicyclic) bond motifs is 7. The molecule has 1 nitrogen and oxygen atoms in total. The quantitative estimate of drug-likeness (QED) is 0.285. The number of benzene rings is 3. The molecule has 3 aromatic carbocycles. The maximum absolute atomic E-state index is 2.45. The lowest BCUT2D eigenvalue weighted by Crippen LogP contribution is -2.11. The van der Waals surface area contributed by atoms with E-state index in [9.17, 15) is 0 Å². The van der Waals surface area contributed by atoms with Gasteiger partial charge in [0.15, 0.2) is 0 Å². The van der Waals surface area contributed by atoms with Crippen molar-refractivity contribution in [1.29, 1.82) is 0 Å². The first-order chi connectivity index (χ1) is 12.0. The Kier molecular flexibility index (Phi) is 2.91. The number of hydrogen-bond acceptors (Lipinski definition) is 1. The molecule has 0 aliphatic heterocycles. The molecule has 0 aliphatic rings. The summed E-state index contributed by atoms with van der Waals surface area (Å²) in [6.07, 6.45) is 0. The standard InChI is InChI=1S/C23H21NS/c1-23(2,3)17-13-16-14-9-6-8-12-19(14)25-22(16)21-20(17)15-10-5-7-11-18(15)24(21)4/h5-13H,1-4H3. The smallest absolute Gasteiger partial charge is 0.0673 e. The minimum absolute atomic E-state index is 0.0968. The minimum atomic E-state index is 0.0968. The summed E-state index contributed by atoms with van der Waals surface area (Å²) in [5.41, 5.74) is 4.23. The van der Waals surface area contributed by atoms with Gasteiger partial charge < -0.3 is 4.57 Å². The lowest BCUT2D eigenvalue weighted by Gasteiger charge is -2.21. The number of hydrogen-bond donors (Lipinski definition) is 0. The van der Waals surface area contributed by atoms with Crippen molar-refractivity contribution in [3.05, 3.63) is 60.2 Å². The van der Waals surface area contributed by atoms with Crippen molar-refractivity contribution in [1.82, 2.24) is 4.57 Å². The van der Waals surface area contributed by atoms with Crippen molar-refractivity contribution in [2.24, 2.45) is 7.05 Å². The van der Waals surface area contributed by atoms with E-state index in [0.717, 1.165) is 0 Å². The Morgan fingerprint density at radius 3 is 2.28 bits per heavy atom. The first-order valence-electron chi connectivity index (χ1n) is 8.78. The molecule has 0 unspecified atom stereocenters. The Hall–Kier alpha value is -2.32. The fraction of sp³-hybridized carbons (Fsp3) is 0.217. The maximum Gasteiger partial charge on any atom is 0.0673 e. The normalized spacial score (nSPS) is 12.8. The van der Waals surface area contributed by atoms with E-state index in [-0.39, 0.29) is 5.41 Å². The molecule has 0 fully saturated rings. The summed E-state index contributed by atoms with van der Waals surface area (Å²) >= 11 is 1.92. The van der Waals surface area contributed by atoms with Gasteiger partial charge in [0, 0.05) is 38.8 Å². The molecule has 5 aromatic rings. The third-order valence-electron chi connectivity index (χ3n) is 5.32. The Morgan fingerprint density at radius 1 is 0.840 bits per heavy atom. The van der Waals surface area contributed by atoms with Crippen molar-refractivity contribution in [3.63, 3.8) is 0 Å². The maximum atomic E-state index is 2.45. The molecule has 2 heteroatoms. The van der Waals surface area contributed by atoms with Gasteiger partial charge in [0.2, 0.25) is 0 Å². The van der Waals surface area contributed by atoms with E-state index in [4.69, 9.17) is 0 Å². The molecule has 124 valence electrons. The summed E-state index contributed by atoms with van der Waals surface area (Å²) in [7, 11) is 2.21. The van der Waals surface area contributed by atoms with Crippen LogP contribution in [0.2, 0.25) is 0 Å². The summed E-state index contributed by atoms with van der Waals surface area (Å²) in [4.78, 5) is 0. The van der Waals surface area contributed by atoms with Gasteiger partial charge >= 0.3 is 0 Å². The average molecular weight is 343 g/mol. The summed E-state index contributed by atoms with van der Waals surface area (Å²) in [5, 5.41) is 5.55. The predicted molar refractivity (Wildman–Crippen MR) is 112 cm³/mol. The molecular weight excluding hydrogens is 322 g/mol. The van der Waals surface area contributed by atoms with Crippen molar-refractivity contribution >= 4 is 53.3 Å². The first-order valence-corrected chi connectivity index (χ1v) is 9.60. The summed E-state index contributed by atoms with van der Waals surface area (Å²) < 4.78 is 5.16. The van der Waals surface area contributed by atoms with Crippen LogP contribution in [-0.4, -0.2) is 4.57 Å². The SMILES string of the molecule is Cn1c2ccccc2c2c(C(C)(C)C)cc3c4ccccc4sc3c21.